The van der Waals surface area contributed by atoms with Crippen molar-refractivity contribution in [3.05, 3.63) is 29.8 Å². The van der Waals surface area contributed by atoms with E-state index in [2.05, 4.69) is 4.72 Å². The van der Waals surface area contributed by atoms with Crippen LogP contribution in [0.3, 0.4) is 0 Å². The van der Waals surface area contributed by atoms with Gasteiger partial charge in [-0.3, -0.25) is 0 Å². The van der Waals surface area contributed by atoms with Gasteiger partial charge in [0.05, 0.1) is 17.1 Å². The number of benzene rings is 1. The molecule has 1 aromatic carbocycles. The Kier molecular flexibility index (Phi) is 5.78. The van der Waals surface area contributed by atoms with Gasteiger partial charge in [0.2, 0.25) is 10.0 Å². The number of rotatable bonds is 6. The van der Waals surface area contributed by atoms with Crippen LogP contribution in [-0.2, 0) is 14.8 Å². The molecule has 0 radical (unpaired) electrons. The largest absolute Gasteiger partial charge is 0.462 e. The molecular formula is C16H24N2O4S. The molecule has 1 fully saturated rings. The Morgan fingerprint density at radius 2 is 1.83 bits per heavy atom. The van der Waals surface area contributed by atoms with Crippen molar-refractivity contribution in [2.24, 2.45) is 5.73 Å². The Hall–Kier alpha value is -1.44. The minimum Gasteiger partial charge on any atom is -0.462 e. The summed E-state index contributed by atoms with van der Waals surface area (Å²) in [5.41, 5.74) is 6.12. The molecule has 0 bridgehead atoms. The van der Waals surface area contributed by atoms with Crippen LogP contribution in [-0.4, -0.2) is 33.1 Å². The van der Waals surface area contributed by atoms with E-state index in [9.17, 15) is 13.2 Å². The molecule has 1 aliphatic carbocycles. The highest BCUT2D eigenvalue weighted by Gasteiger charge is 2.29. The van der Waals surface area contributed by atoms with Gasteiger partial charge < -0.3 is 10.5 Å². The molecule has 3 N–H and O–H groups in total. The average Bonchev–Trinajstić information content (AvgIpc) is 2.54. The highest BCUT2D eigenvalue weighted by Crippen LogP contribution is 2.25. The van der Waals surface area contributed by atoms with Gasteiger partial charge in [0, 0.05) is 12.1 Å². The normalized spacial score (nSPS) is 17.7. The van der Waals surface area contributed by atoms with E-state index in [0.29, 0.717) is 5.56 Å². The maximum absolute atomic E-state index is 12.3. The molecule has 1 aromatic rings. The molecule has 0 unspecified atom stereocenters. The van der Waals surface area contributed by atoms with Crippen molar-refractivity contribution in [1.82, 2.24) is 4.72 Å². The van der Waals surface area contributed by atoms with Crippen LogP contribution in [0.15, 0.2) is 29.2 Å². The van der Waals surface area contributed by atoms with Crippen LogP contribution in [0.4, 0.5) is 0 Å². The van der Waals surface area contributed by atoms with Crippen molar-refractivity contribution in [2.45, 2.75) is 49.5 Å². The van der Waals surface area contributed by atoms with Crippen molar-refractivity contribution in [3.63, 3.8) is 0 Å². The Balaban J connectivity index is 2.03. The third kappa shape index (κ3) is 4.76. The molecule has 128 valence electrons. The smallest absolute Gasteiger partial charge is 0.338 e. The second-order valence-corrected chi connectivity index (χ2v) is 7.76. The molecule has 0 heterocycles. The van der Waals surface area contributed by atoms with Gasteiger partial charge in [-0.25, -0.2) is 17.9 Å². The van der Waals surface area contributed by atoms with E-state index >= 15 is 0 Å². The summed E-state index contributed by atoms with van der Waals surface area (Å²) in [6, 6.07) is 5.70. The molecule has 0 aliphatic heterocycles. The lowest BCUT2D eigenvalue weighted by molar-refractivity contribution is 0.0526. The van der Waals surface area contributed by atoms with Gasteiger partial charge in [0.1, 0.15) is 0 Å². The Morgan fingerprint density at radius 1 is 1.22 bits per heavy atom. The minimum atomic E-state index is -3.63. The van der Waals surface area contributed by atoms with E-state index in [1.807, 2.05) is 0 Å². The van der Waals surface area contributed by atoms with Gasteiger partial charge in [0.25, 0.3) is 0 Å². The number of sulfonamides is 1. The Labute approximate surface area is 137 Å². The topological polar surface area (TPSA) is 98.5 Å². The van der Waals surface area contributed by atoms with Crippen LogP contribution in [0, 0.1) is 0 Å². The van der Waals surface area contributed by atoms with Gasteiger partial charge in [-0.1, -0.05) is 19.3 Å². The van der Waals surface area contributed by atoms with E-state index in [1.54, 1.807) is 6.92 Å². The Bertz CT molecular complexity index is 635. The van der Waals surface area contributed by atoms with Gasteiger partial charge in [-0.15, -0.1) is 0 Å². The van der Waals surface area contributed by atoms with E-state index < -0.39 is 21.5 Å². The van der Waals surface area contributed by atoms with E-state index in [1.165, 1.54) is 24.3 Å². The van der Waals surface area contributed by atoms with Crippen LogP contribution in [0.25, 0.3) is 0 Å². The highest BCUT2D eigenvalue weighted by atomic mass is 32.2. The first kappa shape index (κ1) is 17.9. The van der Waals surface area contributed by atoms with E-state index in [-0.39, 0.29) is 18.0 Å². The number of carbonyl (C=O) groups is 1. The Morgan fingerprint density at radius 3 is 2.39 bits per heavy atom. The summed E-state index contributed by atoms with van der Waals surface area (Å²) in [5.74, 6) is -0.465. The van der Waals surface area contributed by atoms with Gasteiger partial charge >= 0.3 is 5.97 Å². The quantitative estimate of drug-likeness (QED) is 0.770. The second-order valence-electron chi connectivity index (χ2n) is 5.99. The molecule has 23 heavy (non-hydrogen) atoms. The second kappa shape index (κ2) is 7.42. The minimum absolute atomic E-state index is 0.116. The summed E-state index contributed by atoms with van der Waals surface area (Å²) in [5, 5.41) is 0. The fraction of sp³-hybridized carbons (Fsp3) is 0.562. The maximum Gasteiger partial charge on any atom is 0.338 e. The van der Waals surface area contributed by atoms with Crippen molar-refractivity contribution < 1.29 is 17.9 Å². The van der Waals surface area contributed by atoms with Crippen LogP contribution in [0.1, 0.15) is 49.4 Å². The van der Waals surface area contributed by atoms with Crippen LogP contribution in [0.5, 0.6) is 0 Å². The molecule has 0 aromatic heterocycles. The predicted octanol–water partition coefficient (Wildman–Crippen LogP) is 1.80. The summed E-state index contributed by atoms with van der Waals surface area (Å²) in [4.78, 5) is 11.7. The third-order valence-electron chi connectivity index (χ3n) is 4.14. The van der Waals surface area contributed by atoms with Crippen LogP contribution in [0.2, 0.25) is 0 Å². The van der Waals surface area contributed by atoms with Gasteiger partial charge in [-0.2, -0.15) is 0 Å². The fourth-order valence-corrected chi connectivity index (χ4v) is 3.88. The van der Waals surface area contributed by atoms with Gasteiger partial charge in [0.15, 0.2) is 0 Å². The standard InChI is InChI=1S/C16H24N2O4S/c1-2-22-15(19)13-6-8-14(9-7-13)23(20,21)18-12-16(17)10-4-3-5-11-16/h6-9,18H,2-5,10-12,17H2,1H3. The summed E-state index contributed by atoms with van der Waals surface area (Å²) in [7, 11) is -3.63. The first-order chi connectivity index (χ1) is 10.9. The zero-order valence-electron chi connectivity index (χ0n) is 13.4. The lowest BCUT2D eigenvalue weighted by atomic mass is 9.83. The number of nitrogens with two attached hydrogens (primary N) is 1. The molecule has 0 amide bonds. The van der Waals surface area contributed by atoms with Crippen molar-refractivity contribution in [2.75, 3.05) is 13.2 Å². The summed E-state index contributed by atoms with van der Waals surface area (Å²) >= 11 is 0. The monoisotopic (exact) mass is 340 g/mol. The number of esters is 1. The number of hydrogen-bond acceptors (Lipinski definition) is 5. The van der Waals surface area contributed by atoms with Crippen molar-refractivity contribution in [3.8, 4) is 0 Å². The molecule has 7 heteroatoms. The summed E-state index contributed by atoms with van der Waals surface area (Å²) in [6.45, 7) is 2.22. The molecule has 6 nitrogen and oxygen atoms in total. The van der Waals surface area contributed by atoms with Crippen LogP contribution >= 0.6 is 0 Å². The molecule has 0 spiro atoms. The highest BCUT2D eigenvalue weighted by molar-refractivity contribution is 7.89. The van der Waals surface area contributed by atoms with Crippen LogP contribution < -0.4 is 10.5 Å². The molecule has 0 atom stereocenters. The molecular weight excluding hydrogens is 316 g/mol. The maximum atomic E-state index is 12.3. The summed E-state index contributed by atoms with van der Waals surface area (Å²) < 4.78 is 32.1. The zero-order chi connectivity index (χ0) is 16.9. The molecule has 0 saturated heterocycles. The lowest BCUT2D eigenvalue weighted by Crippen LogP contribution is -2.51. The summed E-state index contributed by atoms with van der Waals surface area (Å²) in [6.07, 6.45) is 4.88. The number of nitrogens with one attached hydrogen (secondary N) is 1. The predicted molar refractivity (Wildman–Crippen MR) is 87.6 cm³/mol. The average molecular weight is 340 g/mol. The number of ether oxygens (including phenoxy) is 1. The first-order valence-corrected chi connectivity index (χ1v) is 9.40. The number of hydrogen-bond donors (Lipinski definition) is 2. The number of carbonyl (C=O) groups excluding carboxylic acids is 1. The fourth-order valence-electron chi connectivity index (χ4n) is 2.74. The van der Waals surface area contributed by atoms with E-state index in [0.717, 1.165) is 32.1 Å². The first-order valence-electron chi connectivity index (χ1n) is 7.92. The van der Waals surface area contributed by atoms with Crippen molar-refractivity contribution >= 4 is 16.0 Å². The molecule has 2 rings (SSSR count). The van der Waals surface area contributed by atoms with Gasteiger partial charge in [-0.05, 0) is 44.0 Å². The zero-order valence-corrected chi connectivity index (χ0v) is 14.2. The third-order valence-corrected chi connectivity index (χ3v) is 5.56. The van der Waals surface area contributed by atoms with E-state index in [4.69, 9.17) is 10.5 Å². The molecule has 1 saturated carbocycles. The SMILES string of the molecule is CCOC(=O)c1ccc(S(=O)(=O)NCC2(N)CCCCC2)cc1. The lowest BCUT2D eigenvalue weighted by Gasteiger charge is -2.33. The molecule has 1 aliphatic rings. The van der Waals surface area contributed by atoms with Crippen molar-refractivity contribution in [1.29, 1.82) is 0 Å².